The predicted octanol–water partition coefficient (Wildman–Crippen LogP) is 2.97. The number of carbonyl (C=O) groups is 1. The first-order valence-electron chi connectivity index (χ1n) is 9.10. The van der Waals surface area contributed by atoms with E-state index in [1.165, 1.54) is 5.56 Å². The maximum atomic E-state index is 12.5. The Morgan fingerprint density at radius 1 is 1.07 bits per heavy atom. The second-order valence-electron chi connectivity index (χ2n) is 6.81. The summed E-state index contributed by atoms with van der Waals surface area (Å²) >= 11 is 0. The number of rotatable bonds is 4. The largest absolute Gasteiger partial charge is 0.340 e. The van der Waals surface area contributed by atoms with E-state index in [-0.39, 0.29) is 5.91 Å². The smallest absolute Gasteiger partial charge is 0.274 e. The molecule has 0 saturated carbocycles. The Kier molecular flexibility index (Phi) is 4.82. The predicted molar refractivity (Wildman–Crippen MR) is 103 cm³/mol. The topological polar surface area (TPSA) is 75.9 Å². The average molecular weight is 362 g/mol. The molecule has 3 aromatic heterocycles. The van der Waals surface area contributed by atoms with Crippen LogP contribution in [-0.4, -0.2) is 43.4 Å². The molecule has 27 heavy (non-hydrogen) atoms. The van der Waals surface area contributed by atoms with E-state index in [4.69, 9.17) is 0 Å². The SMILES string of the molecule is Cn1cnc(C(=O)N2CCC(c3ccnc(Nc4ccccn4)c3)CC2)c1. The summed E-state index contributed by atoms with van der Waals surface area (Å²) in [6.45, 7) is 1.48. The standard InChI is InChI=1S/C20H22N6O/c1-25-13-17(23-14-25)20(27)26-10-6-15(7-11-26)16-5-9-22-19(12-16)24-18-4-2-3-8-21-18/h2-5,8-9,12-15H,6-7,10-11H2,1H3,(H,21,22,24). The van der Waals surface area contributed by atoms with Gasteiger partial charge in [0.05, 0.1) is 6.33 Å². The van der Waals surface area contributed by atoms with Gasteiger partial charge in [-0.25, -0.2) is 15.0 Å². The first-order chi connectivity index (χ1) is 13.2. The van der Waals surface area contributed by atoms with Gasteiger partial charge in [-0.05, 0) is 48.6 Å². The number of nitrogens with zero attached hydrogens (tertiary/aromatic N) is 5. The van der Waals surface area contributed by atoms with Crippen LogP contribution in [0.2, 0.25) is 0 Å². The summed E-state index contributed by atoms with van der Waals surface area (Å²) in [7, 11) is 1.87. The van der Waals surface area contributed by atoms with Gasteiger partial charge in [0.2, 0.25) is 0 Å². The highest BCUT2D eigenvalue weighted by Crippen LogP contribution is 2.29. The molecule has 3 aromatic rings. The van der Waals surface area contributed by atoms with E-state index in [9.17, 15) is 4.79 Å². The Balaban J connectivity index is 1.39. The molecule has 7 heteroatoms. The number of anilines is 2. The molecule has 1 fully saturated rings. The molecule has 7 nitrogen and oxygen atoms in total. The van der Waals surface area contributed by atoms with Crippen LogP contribution in [0.5, 0.6) is 0 Å². The Morgan fingerprint density at radius 2 is 1.89 bits per heavy atom. The van der Waals surface area contributed by atoms with Gasteiger partial charge in [0.1, 0.15) is 17.3 Å². The minimum absolute atomic E-state index is 0.0151. The number of nitrogens with one attached hydrogen (secondary N) is 1. The van der Waals surface area contributed by atoms with Gasteiger partial charge in [-0.1, -0.05) is 6.07 Å². The first-order valence-corrected chi connectivity index (χ1v) is 9.10. The highest BCUT2D eigenvalue weighted by atomic mass is 16.2. The molecule has 138 valence electrons. The fourth-order valence-electron chi connectivity index (χ4n) is 3.44. The Bertz CT molecular complexity index is 915. The van der Waals surface area contributed by atoms with Crippen molar-refractivity contribution >= 4 is 17.5 Å². The molecule has 0 unspecified atom stereocenters. The molecule has 1 saturated heterocycles. The van der Waals surface area contributed by atoms with Crippen molar-refractivity contribution in [1.29, 1.82) is 0 Å². The minimum Gasteiger partial charge on any atom is -0.340 e. The molecular formula is C20H22N6O. The maximum absolute atomic E-state index is 12.5. The van der Waals surface area contributed by atoms with Crippen LogP contribution in [0.25, 0.3) is 0 Å². The molecule has 1 amide bonds. The second kappa shape index (κ2) is 7.57. The van der Waals surface area contributed by atoms with E-state index >= 15 is 0 Å². The van der Waals surface area contributed by atoms with Gasteiger partial charge >= 0.3 is 0 Å². The molecule has 0 atom stereocenters. The normalized spacial score (nSPS) is 14.9. The van der Waals surface area contributed by atoms with Crippen LogP contribution in [0, 0.1) is 0 Å². The minimum atomic E-state index is 0.0151. The van der Waals surface area contributed by atoms with Gasteiger partial charge in [0, 0.05) is 38.7 Å². The van der Waals surface area contributed by atoms with Crippen molar-refractivity contribution in [2.45, 2.75) is 18.8 Å². The van der Waals surface area contributed by atoms with Crippen molar-refractivity contribution in [3.63, 3.8) is 0 Å². The van der Waals surface area contributed by atoms with Gasteiger partial charge in [-0.2, -0.15) is 0 Å². The van der Waals surface area contributed by atoms with Crippen molar-refractivity contribution in [3.8, 4) is 0 Å². The summed E-state index contributed by atoms with van der Waals surface area (Å²) in [5.74, 6) is 2.00. The van der Waals surface area contributed by atoms with Crippen LogP contribution in [0.15, 0.2) is 55.2 Å². The zero-order valence-corrected chi connectivity index (χ0v) is 15.2. The lowest BCUT2D eigenvalue weighted by Crippen LogP contribution is -2.38. The van der Waals surface area contributed by atoms with Crippen molar-refractivity contribution < 1.29 is 4.79 Å². The Morgan fingerprint density at radius 3 is 2.59 bits per heavy atom. The molecule has 0 bridgehead atoms. The van der Waals surface area contributed by atoms with Gasteiger partial charge in [-0.15, -0.1) is 0 Å². The molecule has 4 heterocycles. The first kappa shape index (κ1) is 17.2. The van der Waals surface area contributed by atoms with Gasteiger partial charge in [0.25, 0.3) is 5.91 Å². The van der Waals surface area contributed by atoms with E-state index in [0.29, 0.717) is 11.6 Å². The van der Waals surface area contributed by atoms with E-state index < -0.39 is 0 Å². The van der Waals surface area contributed by atoms with Crippen molar-refractivity contribution in [1.82, 2.24) is 24.4 Å². The molecular weight excluding hydrogens is 340 g/mol. The lowest BCUT2D eigenvalue weighted by Gasteiger charge is -2.32. The third-order valence-corrected chi connectivity index (χ3v) is 4.88. The van der Waals surface area contributed by atoms with E-state index in [1.54, 1.807) is 23.3 Å². The van der Waals surface area contributed by atoms with Crippen LogP contribution in [0.1, 0.15) is 34.8 Å². The average Bonchev–Trinajstić information content (AvgIpc) is 3.15. The molecule has 1 aliphatic heterocycles. The second-order valence-corrected chi connectivity index (χ2v) is 6.81. The highest BCUT2D eigenvalue weighted by Gasteiger charge is 2.25. The molecule has 1 N–H and O–H groups in total. The van der Waals surface area contributed by atoms with Crippen molar-refractivity contribution in [3.05, 3.63) is 66.5 Å². The summed E-state index contributed by atoms with van der Waals surface area (Å²) in [6.07, 6.45) is 8.88. The number of hydrogen-bond donors (Lipinski definition) is 1. The summed E-state index contributed by atoms with van der Waals surface area (Å²) in [6, 6.07) is 9.87. The molecule has 4 rings (SSSR count). The van der Waals surface area contributed by atoms with Crippen LogP contribution < -0.4 is 5.32 Å². The summed E-state index contributed by atoms with van der Waals surface area (Å²) in [5, 5.41) is 3.24. The molecule has 0 aliphatic carbocycles. The van der Waals surface area contributed by atoms with Crippen LogP contribution in [-0.2, 0) is 7.05 Å². The molecule has 0 radical (unpaired) electrons. The number of aryl methyl sites for hydroxylation is 1. The van der Waals surface area contributed by atoms with Crippen LogP contribution in [0.3, 0.4) is 0 Å². The molecule has 1 aliphatic rings. The fraction of sp³-hybridized carbons (Fsp3) is 0.300. The van der Waals surface area contributed by atoms with E-state index in [0.717, 1.165) is 37.6 Å². The number of hydrogen-bond acceptors (Lipinski definition) is 5. The monoisotopic (exact) mass is 362 g/mol. The van der Waals surface area contributed by atoms with Gasteiger partial charge in [-0.3, -0.25) is 4.79 Å². The number of carbonyl (C=O) groups excluding carboxylic acids is 1. The number of pyridine rings is 2. The highest BCUT2D eigenvalue weighted by molar-refractivity contribution is 5.92. The Hall–Kier alpha value is -3.22. The van der Waals surface area contributed by atoms with Gasteiger partial charge < -0.3 is 14.8 Å². The summed E-state index contributed by atoms with van der Waals surface area (Å²) < 4.78 is 1.80. The summed E-state index contributed by atoms with van der Waals surface area (Å²) in [5.41, 5.74) is 1.76. The van der Waals surface area contributed by atoms with Crippen LogP contribution >= 0.6 is 0 Å². The third kappa shape index (κ3) is 3.97. The number of likely N-dealkylation sites (tertiary alicyclic amines) is 1. The van der Waals surface area contributed by atoms with E-state index in [1.807, 2.05) is 36.3 Å². The third-order valence-electron chi connectivity index (χ3n) is 4.88. The quantitative estimate of drug-likeness (QED) is 0.772. The maximum Gasteiger partial charge on any atom is 0.274 e. The Labute approximate surface area is 158 Å². The summed E-state index contributed by atoms with van der Waals surface area (Å²) in [4.78, 5) is 27.3. The van der Waals surface area contributed by atoms with Gasteiger partial charge in [0.15, 0.2) is 0 Å². The number of piperidine rings is 1. The molecule has 0 aromatic carbocycles. The van der Waals surface area contributed by atoms with Crippen molar-refractivity contribution in [2.24, 2.45) is 7.05 Å². The number of imidazole rings is 1. The zero-order chi connectivity index (χ0) is 18.6. The zero-order valence-electron chi connectivity index (χ0n) is 15.2. The lowest BCUT2D eigenvalue weighted by molar-refractivity contribution is 0.0707. The lowest BCUT2D eigenvalue weighted by atomic mass is 9.90. The van der Waals surface area contributed by atoms with E-state index in [2.05, 4.69) is 32.4 Å². The molecule has 0 spiro atoms. The van der Waals surface area contributed by atoms with Crippen LogP contribution in [0.4, 0.5) is 11.6 Å². The number of aromatic nitrogens is 4. The number of amides is 1. The fourth-order valence-corrected chi connectivity index (χ4v) is 3.44. The van der Waals surface area contributed by atoms with Crippen molar-refractivity contribution in [2.75, 3.05) is 18.4 Å².